The Morgan fingerprint density at radius 2 is 2.19 bits per heavy atom. The number of aromatic nitrogens is 1. The molecule has 16 heavy (non-hydrogen) atoms. The first-order valence-corrected chi connectivity index (χ1v) is 6.03. The second-order valence-corrected chi connectivity index (χ2v) is 4.57. The minimum Gasteiger partial charge on any atom is -0.378 e. The van der Waals surface area contributed by atoms with E-state index in [1.807, 2.05) is 12.4 Å². The summed E-state index contributed by atoms with van der Waals surface area (Å²) in [7, 11) is 0. The van der Waals surface area contributed by atoms with Gasteiger partial charge >= 0.3 is 0 Å². The van der Waals surface area contributed by atoms with Crippen molar-refractivity contribution in [1.82, 2.24) is 10.3 Å². The van der Waals surface area contributed by atoms with Crippen molar-refractivity contribution in [2.45, 2.75) is 44.9 Å². The predicted molar refractivity (Wildman–Crippen MR) is 64.2 cm³/mol. The number of nitrogens with one attached hydrogen (secondary N) is 1. The molecule has 2 heterocycles. The Morgan fingerprint density at radius 3 is 2.88 bits per heavy atom. The van der Waals surface area contributed by atoms with Gasteiger partial charge in [-0.05, 0) is 44.4 Å². The van der Waals surface area contributed by atoms with Gasteiger partial charge in [0, 0.05) is 31.1 Å². The Bertz CT molecular complexity index is 315. The molecule has 1 N–H and O–H groups in total. The molecule has 1 aromatic heterocycles. The van der Waals surface area contributed by atoms with Gasteiger partial charge in [-0.2, -0.15) is 0 Å². The SMILES string of the molecule is CC1CC(NC(C)c2ccncc2)CCO1. The number of nitrogens with zero attached hydrogens (tertiary/aromatic N) is 1. The van der Waals surface area contributed by atoms with E-state index >= 15 is 0 Å². The summed E-state index contributed by atoms with van der Waals surface area (Å²) in [5, 5.41) is 3.66. The van der Waals surface area contributed by atoms with Gasteiger partial charge in [-0.25, -0.2) is 0 Å². The molecule has 3 atom stereocenters. The smallest absolute Gasteiger partial charge is 0.0561 e. The van der Waals surface area contributed by atoms with E-state index in [-0.39, 0.29) is 0 Å². The molecule has 0 amide bonds. The first kappa shape index (κ1) is 11.6. The van der Waals surface area contributed by atoms with Gasteiger partial charge in [0.1, 0.15) is 0 Å². The van der Waals surface area contributed by atoms with E-state index in [2.05, 4.69) is 36.3 Å². The van der Waals surface area contributed by atoms with Crippen LogP contribution in [-0.2, 0) is 4.74 Å². The Hall–Kier alpha value is -0.930. The molecule has 3 heteroatoms. The summed E-state index contributed by atoms with van der Waals surface area (Å²) in [5.74, 6) is 0. The zero-order valence-electron chi connectivity index (χ0n) is 10.0. The van der Waals surface area contributed by atoms with Crippen LogP contribution in [0.5, 0.6) is 0 Å². The fraction of sp³-hybridized carbons (Fsp3) is 0.615. The van der Waals surface area contributed by atoms with Crippen LogP contribution in [0.1, 0.15) is 38.3 Å². The van der Waals surface area contributed by atoms with Crippen molar-refractivity contribution < 1.29 is 4.74 Å². The lowest BCUT2D eigenvalue weighted by Gasteiger charge is -2.30. The summed E-state index contributed by atoms with van der Waals surface area (Å²) in [6.07, 6.45) is 6.30. The molecule has 0 spiro atoms. The van der Waals surface area contributed by atoms with Crippen LogP contribution in [0.2, 0.25) is 0 Å². The quantitative estimate of drug-likeness (QED) is 0.848. The first-order chi connectivity index (χ1) is 7.75. The molecule has 0 aromatic carbocycles. The van der Waals surface area contributed by atoms with Gasteiger partial charge < -0.3 is 10.1 Å². The number of hydrogen-bond donors (Lipinski definition) is 1. The lowest BCUT2D eigenvalue weighted by atomic mass is 10.0. The molecule has 0 aliphatic carbocycles. The molecule has 88 valence electrons. The van der Waals surface area contributed by atoms with E-state index in [1.54, 1.807) is 0 Å². The maximum absolute atomic E-state index is 5.55. The van der Waals surface area contributed by atoms with E-state index in [4.69, 9.17) is 4.74 Å². The van der Waals surface area contributed by atoms with Crippen molar-refractivity contribution in [2.24, 2.45) is 0 Å². The van der Waals surface area contributed by atoms with Crippen LogP contribution in [0.25, 0.3) is 0 Å². The molecule has 2 rings (SSSR count). The van der Waals surface area contributed by atoms with Crippen LogP contribution >= 0.6 is 0 Å². The van der Waals surface area contributed by atoms with Crippen LogP contribution in [0.15, 0.2) is 24.5 Å². The van der Waals surface area contributed by atoms with E-state index in [0.29, 0.717) is 18.2 Å². The standard InChI is InChI=1S/C13H20N2O/c1-10-9-13(5-8-16-10)15-11(2)12-3-6-14-7-4-12/h3-4,6-7,10-11,13,15H,5,8-9H2,1-2H3. The van der Waals surface area contributed by atoms with E-state index in [0.717, 1.165) is 19.4 Å². The minimum absolute atomic E-state index is 0.385. The summed E-state index contributed by atoms with van der Waals surface area (Å²) in [5.41, 5.74) is 1.30. The lowest BCUT2D eigenvalue weighted by Crippen LogP contribution is -2.39. The number of rotatable bonds is 3. The molecule has 1 aliphatic heterocycles. The highest BCUT2D eigenvalue weighted by Crippen LogP contribution is 2.18. The fourth-order valence-electron chi connectivity index (χ4n) is 2.25. The normalized spacial score (nSPS) is 27.6. The predicted octanol–water partition coefficient (Wildman–Crippen LogP) is 2.30. The number of ether oxygens (including phenoxy) is 1. The summed E-state index contributed by atoms with van der Waals surface area (Å²) < 4.78 is 5.55. The maximum atomic E-state index is 5.55. The highest BCUT2D eigenvalue weighted by molar-refractivity contribution is 5.14. The molecule has 1 saturated heterocycles. The molecule has 0 saturated carbocycles. The van der Waals surface area contributed by atoms with Crippen molar-refractivity contribution in [2.75, 3.05) is 6.61 Å². The van der Waals surface area contributed by atoms with Crippen LogP contribution in [-0.4, -0.2) is 23.7 Å². The largest absolute Gasteiger partial charge is 0.378 e. The van der Waals surface area contributed by atoms with Crippen molar-refractivity contribution >= 4 is 0 Å². The summed E-state index contributed by atoms with van der Waals surface area (Å²) >= 11 is 0. The highest BCUT2D eigenvalue weighted by Gasteiger charge is 2.20. The van der Waals surface area contributed by atoms with Gasteiger partial charge in [0.15, 0.2) is 0 Å². The third kappa shape index (κ3) is 3.03. The molecular weight excluding hydrogens is 200 g/mol. The first-order valence-electron chi connectivity index (χ1n) is 6.03. The van der Waals surface area contributed by atoms with Gasteiger partial charge in [0.25, 0.3) is 0 Å². The molecular formula is C13H20N2O. The third-order valence-electron chi connectivity index (χ3n) is 3.18. The average Bonchev–Trinajstić information content (AvgIpc) is 2.30. The van der Waals surface area contributed by atoms with Gasteiger partial charge in [0.05, 0.1) is 6.10 Å². The lowest BCUT2D eigenvalue weighted by molar-refractivity contribution is 0.0116. The van der Waals surface area contributed by atoms with E-state index in [1.165, 1.54) is 5.56 Å². The topological polar surface area (TPSA) is 34.2 Å². The van der Waals surface area contributed by atoms with Crippen LogP contribution < -0.4 is 5.32 Å². The zero-order valence-corrected chi connectivity index (χ0v) is 10.0. The van der Waals surface area contributed by atoms with Crippen molar-refractivity contribution in [3.63, 3.8) is 0 Å². The highest BCUT2D eigenvalue weighted by atomic mass is 16.5. The summed E-state index contributed by atoms with van der Waals surface area (Å²) in [4.78, 5) is 4.04. The Balaban J connectivity index is 1.89. The van der Waals surface area contributed by atoms with E-state index in [9.17, 15) is 0 Å². The molecule has 3 unspecified atom stereocenters. The second kappa shape index (κ2) is 5.41. The Labute approximate surface area is 97.2 Å². The van der Waals surface area contributed by atoms with Gasteiger partial charge in [-0.3, -0.25) is 4.98 Å². The molecule has 0 bridgehead atoms. The zero-order chi connectivity index (χ0) is 11.4. The molecule has 1 fully saturated rings. The fourth-order valence-corrected chi connectivity index (χ4v) is 2.25. The average molecular weight is 220 g/mol. The number of hydrogen-bond acceptors (Lipinski definition) is 3. The second-order valence-electron chi connectivity index (χ2n) is 4.57. The summed E-state index contributed by atoms with van der Waals surface area (Å²) in [6, 6.07) is 5.10. The Morgan fingerprint density at radius 1 is 1.44 bits per heavy atom. The van der Waals surface area contributed by atoms with Gasteiger partial charge in [-0.15, -0.1) is 0 Å². The molecule has 1 aromatic rings. The van der Waals surface area contributed by atoms with Crippen molar-refractivity contribution in [1.29, 1.82) is 0 Å². The van der Waals surface area contributed by atoms with Crippen LogP contribution in [0, 0.1) is 0 Å². The number of pyridine rings is 1. The molecule has 1 aliphatic rings. The maximum Gasteiger partial charge on any atom is 0.0561 e. The van der Waals surface area contributed by atoms with Crippen LogP contribution in [0.3, 0.4) is 0 Å². The Kier molecular flexibility index (Phi) is 3.91. The third-order valence-corrected chi connectivity index (χ3v) is 3.18. The van der Waals surface area contributed by atoms with Crippen LogP contribution in [0.4, 0.5) is 0 Å². The molecule has 0 radical (unpaired) electrons. The van der Waals surface area contributed by atoms with Gasteiger partial charge in [0.2, 0.25) is 0 Å². The van der Waals surface area contributed by atoms with Crippen molar-refractivity contribution in [3.05, 3.63) is 30.1 Å². The van der Waals surface area contributed by atoms with Crippen molar-refractivity contribution in [3.8, 4) is 0 Å². The molecule has 3 nitrogen and oxygen atoms in total. The van der Waals surface area contributed by atoms with Gasteiger partial charge in [-0.1, -0.05) is 0 Å². The summed E-state index contributed by atoms with van der Waals surface area (Å²) in [6.45, 7) is 5.22. The monoisotopic (exact) mass is 220 g/mol. The van der Waals surface area contributed by atoms with E-state index < -0.39 is 0 Å². The minimum atomic E-state index is 0.385.